The number of rotatable bonds is 4. The molecule has 0 aliphatic heterocycles. The first-order valence-electron chi connectivity index (χ1n) is 8.97. The smallest absolute Gasteiger partial charge is 0.166 e. The summed E-state index contributed by atoms with van der Waals surface area (Å²) in [6, 6.07) is 17.0. The highest BCUT2D eigenvalue weighted by Gasteiger charge is 2.15. The molecular formula is C21H23N3S. The highest BCUT2D eigenvalue weighted by Crippen LogP contribution is 2.29. The van der Waals surface area contributed by atoms with E-state index in [1.54, 1.807) is 0 Å². The maximum Gasteiger partial charge on any atom is 0.166 e. The summed E-state index contributed by atoms with van der Waals surface area (Å²) in [5.41, 5.74) is 6.72. The summed E-state index contributed by atoms with van der Waals surface area (Å²) in [4.78, 5) is 3.59. The van der Waals surface area contributed by atoms with Crippen LogP contribution in [0.5, 0.6) is 0 Å². The van der Waals surface area contributed by atoms with Crippen LogP contribution in [0.3, 0.4) is 0 Å². The van der Waals surface area contributed by atoms with Crippen molar-refractivity contribution in [3.05, 3.63) is 70.9 Å². The van der Waals surface area contributed by atoms with Crippen molar-refractivity contribution in [1.82, 2.24) is 15.6 Å². The van der Waals surface area contributed by atoms with Gasteiger partial charge in [0.05, 0.1) is 0 Å². The maximum atomic E-state index is 5.40. The SMILES string of the molecule is S=C(NCc1ccccc1)NCc1ccc2[nH]c3c(c2c1)CCCC3. The molecule has 3 N–H and O–H groups in total. The van der Waals surface area contributed by atoms with E-state index in [1.165, 1.54) is 59.0 Å². The van der Waals surface area contributed by atoms with Crippen molar-refractivity contribution in [2.45, 2.75) is 38.8 Å². The fourth-order valence-corrected chi connectivity index (χ4v) is 3.73. The molecule has 2 aromatic carbocycles. The Morgan fingerprint density at radius 2 is 1.68 bits per heavy atom. The number of nitrogens with one attached hydrogen (secondary N) is 3. The van der Waals surface area contributed by atoms with Crippen LogP contribution in [0.15, 0.2) is 48.5 Å². The molecule has 0 radical (unpaired) electrons. The summed E-state index contributed by atoms with van der Waals surface area (Å²) in [6.07, 6.45) is 4.99. The van der Waals surface area contributed by atoms with Crippen molar-refractivity contribution in [2.24, 2.45) is 0 Å². The first-order chi connectivity index (χ1) is 12.3. The zero-order valence-corrected chi connectivity index (χ0v) is 15.1. The van der Waals surface area contributed by atoms with Gasteiger partial charge in [-0.3, -0.25) is 0 Å². The highest BCUT2D eigenvalue weighted by molar-refractivity contribution is 7.80. The van der Waals surface area contributed by atoms with Crippen LogP contribution in [-0.2, 0) is 25.9 Å². The van der Waals surface area contributed by atoms with E-state index in [4.69, 9.17) is 12.2 Å². The largest absolute Gasteiger partial charge is 0.359 e. The van der Waals surface area contributed by atoms with Crippen LogP contribution >= 0.6 is 12.2 Å². The molecule has 4 rings (SSSR count). The third-order valence-corrected chi connectivity index (χ3v) is 5.20. The zero-order chi connectivity index (χ0) is 17.1. The molecule has 0 saturated carbocycles. The van der Waals surface area contributed by atoms with E-state index in [0.29, 0.717) is 5.11 Å². The Hall–Kier alpha value is -2.33. The van der Waals surface area contributed by atoms with E-state index in [0.717, 1.165) is 13.1 Å². The van der Waals surface area contributed by atoms with Gasteiger partial charge >= 0.3 is 0 Å². The molecule has 1 aliphatic rings. The molecule has 1 aromatic heterocycles. The monoisotopic (exact) mass is 349 g/mol. The predicted molar refractivity (Wildman–Crippen MR) is 108 cm³/mol. The minimum atomic E-state index is 0.694. The van der Waals surface area contributed by atoms with Crippen LogP contribution in [0.1, 0.15) is 35.2 Å². The number of H-pyrrole nitrogens is 1. The summed E-state index contributed by atoms with van der Waals surface area (Å²) in [5, 5.41) is 8.66. The number of aromatic amines is 1. The minimum absolute atomic E-state index is 0.694. The number of aryl methyl sites for hydroxylation is 2. The summed E-state index contributed by atoms with van der Waals surface area (Å²) in [7, 11) is 0. The average molecular weight is 350 g/mol. The molecular weight excluding hydrogens is 326 g/mol. The van der Waals surface area contributed by atoms with E-state index in [2.05, 4.69) is 45.9 Å². The Morgan fingerprint density at radius 1 is 0.920 bits per heavy atom. The van der Waals surface area contributed by atoms with Gasteiger partial charge in [-0.1, -0.05) is 36.4 Å². The average Bonchev–Trinajstić information content (AvgIpc) is 3.03. The second-order valence-corrected chi connectivity index (χ2v) is 7.10. The van der Waals surface area contributed by atoms with Crippen molar-refractivity contribution in [3.63, 3.8) is 0 Å². The minimum Gasteiger partial charge on any atom is -0.359 e. The van der Waals surface area contributed by atoms with Gasteiger partial charge in [-0.25, -0.2) is 0 Å². The molecule has 25 heavy (non-hydrogen) atoms. The summed E-state index contributed by atoms with van der Waals surface area (Å²) >= 11 is 5.40. The van der Waals surface area contributed by atoms with Crippen LogP contribution in [0, 0.1) is 0 Å². The lowest BCUT2D eigenvalue weighted by Gasteiger charge is -2.12. The third kappa shape index (κ3) is 3.69. The van der Waals surface area contributed by atoms with Gasteiger partial charge in [0.25, 0.3) is 0 Å². The molecule has 0 fully saturated rings. The van der Waals surface area contributed by atoms with Gasteiger partial charge in [0, 0.05) is 29.7 Å². The molecule has 0 bridgehead atoms. The van der Waals surface area contributed by atoms with Crippen molar-refractivity contribution >= 4 is 28.2 Å². The van der Waals surface area contributed by atoms with Gasteiger partial charge in [-0.15, -0.1) is 0 Å². The Kier molecular flexibility index (Phi) is 4.70. The van der Waals surface area contributed by atoms with Crippen LogP contribution in [-0.4, -0.2) is 10.1 Å². The number of hydrogen-bond donors (Lipinski definition) is 3. The Labute approximate surface area is 153 Å². The van der Waals surface area contributed by atoms with Gasteiger partial charge < -0.3 is 15.6 Å². The molecule has 128 valence electrons. The van der Waals surface area contributed by atoms with Crippen LogP contribution in [0.2, 0.25) is 0 Å². The van der Waals surface area contributed by atoms with Crippen LogP contribution in [0.25, 0.3) is 10.9 Å². The molecule has 0 unspecified atom stereocenters. The lowest BCUT2D eigenvalue weighted by molar-refractivity contribution is 0.680. The fraction of sp³-hybridized carbons (Fsp3) is 0.286. The van der Waals surface area contributed by atoms with Crippen LogP contribution in [0.4, 0.5) is 0 Å². The summed E-state index contributed by atoms with van der Waals surface area (Å²) < 4.78 is 0. The zero-order valence-electron chi connectivity index (χ0n) is 14.3. The topological polar surface area (TPSA) is 39.8 Å². The first-order valence-corrected chi connectivity index (χ1v) is 9.38. The lowest BCUT2D eigenvalue weighted by Crippen LogP contribution is -2.34. The molecule has 1 aliphatic carbocycles. The normalized spacial score (nSPS) is 13.4. The van der Waals surface area contributed by atoms with E-state index in [-0.39, 0.29) is 0 Å². The quantitative estimate of drug-likeness (QED) is 0.618. The standard InChI is InChI=1S/C21H23N3S/c25-21(22-13-15-6-2-1-3-7-15)23-14-16-10-11-20-18(12-16)17-8-4-5-9-19(17)24-20/h1-3,6-7,10-12,24H,4-5,8-9,13-14H2,(H2,22,23,25). The Morgan fingerprint density at radius 3 is 2.52 bits per heavy atom. The second-order valence-electron chi connectivity index (χ2n) is 6.69. The molecule has 0 spiro atoms. The maximum absolute atomic E-state index is 5.40. The van der Waals surface area contributed by atoms with E-state index >= 15 is 0 Å². The van der Waals surface area contributed by atoms with Gasteiger partial charge in [-0.05, 0) is 66.7 Å². The number of fused-ring (bicyclic) bond motifs is 3. The van der Waals surface area contributed by atoms with Crippen molar-refractivity contribution in [3.8, 4) is 0 Å². The van der Waals surface area contributed by atoms with Crippen molar-refractivity contribution in [1.29, 1.82) is 0 Å². The molecule has 0 saturated heterocycles. The van der Waals surface area contributed by atoms with Crippen molar-refractivity contribution < 1.29 is 0 Å². The molecule has 0 amide bonds. The van der Waals surface area contributed by atoms with Gasteiger partial charge in [-0.2, -0.15) is 0 Å². The number of thiocarbonyl (C=S) groups is 1. The highest BCUT2D eigenvalue weighted by atomic mass is 32.1. The number of hydrogen-bond acceptors (Lipinski definition) is 1. The van der Waals surface area contributed by atoms with Gasteiger partial charge in [0.2, 0.25) is 0 Å². The van der Waals surface area contributed by atoms with Crippen molar-refractivity contribution in [2.75, 3.05) is 0 Å². The first kappa shape index (κ1) is 16.2. The molecule has 1 heterocycles. The van der Waals surface area contributed by atoms with Crippen LogP contribution < -0.4 is 10.6 Å². The van der Waals surface area contributed by atoms with E-state index in [9.17, 15) is 0 Å². The predicted octanol–water partition coefficient (Wildman–Crippen LogP) is 4.21. The van der Waals surface area contributed by atoms with Gasteiger partial charge in [0.1, 0.15) is 0 Å². The molecule has 3 nitrogen and oxygen atoms in total. The van der Waals surface area contributed by atoms with E-state index < -0.39 is 0 Å². The second kappa shape index (κ2) is 7.28. The number of aromatic nitrogens is 1. The fourth-order valence-electron chi connectivity index (χ4n) is 3.59. The Bertz CT molecular complexity index is 883. The third-order valence-electron chi connectivity index (χ3n) is 4.91. The van der Waals surface area contributed by atoms with Gasteiger partial charge in [0.15, 0.2) is 5.11 Å². The lowest BCUT2D eigenvalue weighted by atomic mass is 9.95. The Balaban J connectivity index is 1.38. The van der Waals surface area contributed by atoms with E-state index in [1.807, 2.05) is 18.2 Å². The molecule has 0 atom stereocenters. The summed E-state index contributed by atoms with van der Waals surface area (Å²) in [5.74, 6) is 0. The molecule has 4 heteroatoms. The summed E-state index contributed by atoms with van der Waals surface area (Å²) in [6.45, 7) is 1.49. The molecule has 3 aromatic rings. The number of benzene rings is 2.